The second-order valence-corrected chi connectivity index (χ2v) is 3.26. The van der Waals surface area contributed by atoms with Crippen molar-refractivity contribution in [1.29, 1.82) is 0 Å². The van der Waals surface area contributed by atoms with Gasteiger partial charge < -0.3 is 10.9 Å². The molecule has 0 aliphatic carbocycles. The van der Waals surface area contributed by atoms with Gasteiger partial charge in [-0.1, -0.05) is 29.4 Å². The first-order chi connectivity index (χ1) is 7.31. The van der Waals surface area contributed by atoms with Crippen LogP contribution in [0.2, 0.25) is 0 Å². The van der Waals surface area contributed by atoms with E-state index in [-0.39, 0.29) is 5.84 Å². The average molecular weight is 201 g/mol. The highest BCUT2D eigenvalue weighted by atomic mass is 16.4. The summed E-state index contributed by atoms with van der Waals surface area (Å²) in [6.45, 7) is 0. The summed E-state index contributed by atoms with van der Waals surface area (Å²) in [4.78, 5) is 4.28. The molecule has 0 saturated carbocycles. The first-order valence-corrected chi connectivity index (χ1v) is 4.60. The van der Waals surface area contributed by atoms with Crippen molar-refractivity contribution in [3.05, 3.63) is 42.1 Å². The Morgan fingerprint density at radius 1 is 1.33 bits per heavy atom. The number of hydrogen-bond acceptors (Lipinski definition) is 3. The van der Waals surface area contributed by atoms with Gasteiger partial charge in [0.25, 0.3) is 0 Å². The number of nitrogens with two attached hydrogens (primary N) is 1. The van der Waals surface area contributed by atoms with Gasteiger partial charge >= 0.3 is 0 Å². The van der Waals surface area contributed by atoms with E-state index in [4.69, 9.17) is 10.9 Å². The Kier molecular flexibility index (Phi) is 2.49. The standard InChI is InChI=1S/C11H11N3O/c12-10(14-15)7-9-4-1-3-8-5-2-6-13-11(8)9/h1-6,15H,7H2,(H2,12,14). The van der Waals surface area contributed by atoms with Gasteiger partial charge in [0.2, 0.25) is 0 Å². The van der Waals surface area contributed by atoms with Gasteiger partial charge in [-0.2, -0.15) is 0 Å². The van der Waals surface area contributed by atoms with E-state index in [9.17, 15) is 0 Å². The number of amidine groups is 1. The molecule has 1 aromatic heterocycles. The normalized spacial score (nSPS) is 11.9. The largest absolute Gasteiger partial charge is 0.409 e. The number of benzene rings is 1. The van der Waals surface area contributed by atoms with Crippen molar-refractivity contribution in [3.63, 3.8) is 0 Å². The molecule has 0 unspecified atom stereocenters. The van der Waals surface area contributed by atoms with E-state index >= 15 is 0 Å². The van der Waals surface area contributed by atoms with Gasteiger partial charge in [-0.3, -0.25) is 4.98 Å². The fourth-order valence-corrected chi connectivity index (χ4v) is 1.54. The summed E-state index contributed by atoms with van der Waals surface area (Å²) in [7, 11) is 0. The lowest BCUT2D eigenvalue weighted by atomic mass is 10.1. The minimum Gasteiger partial charge on any atom is -0.409 e. The molecule has 0 aliphatic rings. The number of fused-ring (bicyclic) bond motifs is 1. The fraction of sp³-hybridized carbons (Fsp3) is 0.0909. The quantitative estimate of drug-likeness (QED) is 0.335. The molecule has 2 aromatic rings. The Morgan fingerprint density at radius 3 is 2.93 bits per heavy atom. The first-order valence-electron chi connectivity index (χ1n) is 4.60. The number of hydrogen-bond donors (Lipinski definition) is 2. The van der Waals surface area contributed by atoms with Crippen molar-refractivity contribution in [2.24, 2.45) is 10.9 Å². The molecule has 2 rings (SSSR count). The van der Waals surface area contributed by atoms with Gasteiger partial charge in [-0.05, 0) is 11.6 Å². The van der Waals surface area contributed by atoms with Crippen LogP contribution in [0.15, 0.2) is 41.7 Å². The zero-order valence-corrected chi connectivity index (χ0v) is 8.09. The lowest BCUT2D eigenvalue weighted by Gasteiger charge is -2.03. The van der Waals surface area contributed by atoms with E-state index in [0.717, 1.165) is 16.5 Å². The molecular formula is C11H11N3O. The summed E-state index contributed by atoms with van der Waals surface area (Å²) in [5.41, 5.74) is 7.32. The van der Waals surface area contributed by atoms with Crippen LogP contribution in [0, 0.1) is 0 Å². The molecule has 1 aromatic carbocycles. The van der Waals surface area contributed by atoms with Gasteiger partial charge in [-0.15, -0.1) is 0 Å². The number of aromatic nitrogens is 1. The summed E-state index contributed by atoms with van der Waals surface area (Å²) >= 11 is 0. The van der Waals surface area contributed by atoms with Crippen molar-refractivity contribution in [3.8, 4) is 0 Å². The molecule has 0 fully saturated rings. The second-order valence-electron chi connectivity index (χ2n) is 3.26. The van der Waals surface area contributed by atoms with E-state index in [0.29, 0.717) is 6.42 Å². The monoisotopic (exact) mass is 201 g/mol. The molecule has 0 radical (unpaired) electrons. The van der Waals surface area contributed by atoms with Crippen LogP contribution in [-0.4, -0.2) is 16.0 Å². The van der Waals surface area contributed by atoms with E-state index in [1.165, 1.54) is 0 Å². The van der Waals surface area contributed by atoms with Crippen LogP contribution in [0.3, 0.4) is 0 Å². The van der Waals surface area contributed by atoms with Gasteiger partial charge in [0.15, 0.2) is 0 Å². The maximum absolute atomic E-state index is 8.51. The third kappa shape index (κ3) is 1.88. The zero-order chi connectivity index (χ0) is 10.7. The summed E-state index contributed by atoms with van der Waals surface area (Å²) < 4.78 is 0. The molecule has 4 nitrogen and oxygen atoms in total. The molecule has 0 amide bonds. The number of oxime groups is 1. The molecule has 76 valence electrons. The Hall–Kier alpha value is -2.10. The SMILES string of the molecule is N/C(Cc1cccc2cccnc12)=N/O. The molecule has 0 aliphatic heterocycles. The Morgan fingerprint density at radius 2 is 2.13 bits per heavy atom. The molecule has 0 atom stereocenters. The topological polar surface area (TPSA) is 71.5 Å². The van der Waals surface area contributed by atoms with Crippen molar-refractivity contribution in [2.75, 3.05) is 0 Å². The van der Waals surface area contributed by atoms with Crippen LogP contribution < -0.4 is 5.73 Å². The number of para-hydroxylation sites is 1. The first kappa shape index (κ1) is 9.45. The van der Waals surface area contributed by atoms with Gasteiger partial charge in [0, 0.05) is 18.0 Å². The number of rotatable bonds is 2. The fourth-order valence-electron chi connectivity index (χ4n) is 1.54. The van der Waals surface area contributed by atoms with Crippen LogP contribution in [-0.2, 0) is 6.42 Å². The van der Waals surface area contributed by atoms with Gasteiger partial charge in [0.1, 0.15) is 5.84 Å². The smallest absolute Gasteiger partial charge is 0.143 e. The molecule has 1 heterocycles. The predicted octanol–water partition coefficient (Wildman–Crippen LogP) is 1.52. The van der Waals surface area contributed by atoms with Gasteiger partial charge in [0.05, 0.1) is 5.52 Å². The molecule has 3 N–H and O–H groups in total. The summed E-state index contributed by atoms with van der Waals surface area (Å²) in [5, 5.41) is 12.5. The lowest BCUT2D eigenvalue weighted by Crippen LogP contribution is -2.14. The highest BCUT2D eigenvalue weighted by Gasteiger charge is 2.03. The highest BCUT2D eigenvalue weighted by molar-refractivity contribution is 5.89. The van der Waals surface area contributed by atoms with Gasteiger partial charge in [-0.25, -0.2) is 0 Å². The molecule has 0 spiro atoms. The Labute approximate surface area is 87.0 Å². The summed E-state index contributed by atoms with van der Waals surface area (Å²) in [6, 6.07) is 9.71. The van der Waals surface area contributed by atoms with Crippen LogP contribution >= 0.6 is 0 Å². The minimum absolute atomic E-state index is 0.188. The van der Waals surface area contributed by atoms with Crippen LogP contribution in [0.4, 0.5) is 0 Å². The summed E-state index contributed by atoms with van der Waals surface area (Å²) in [6.07, 6.45) is 2.14. The maximum atomic E-state index is 8.51. The maximum Gasteiger partial charge on any atom is 0.143 e. The van der Waals surface area contributed by atoms with E-state index in [1.54, 1.807) is 6.20 Å². The van der Waals surface area contributed by atoms with E-state index in [1.807, 2.05) is 30.3 Å². The molecular weight excluding hydrogens is 190 g/mol. The van der Waals surface area contributed by atoms with Crippen LogP contribution in [0.25, 0.3) is 10.9 Å². The molecule has 0 saturated heterocycles. The van der Waals surface area contributed by atoms with E-state index in [2.05, 4.69) is 10.1 Å². The molecule has 0 bridgehead atoms. The van der Waals surface area contributed by atoms with E-state index < -0.39 is 0 Å². The Balaban J connectivity index is 2.51. The zero-order valence-electron chi connectivity index (χ0n) is 8.09. The average Bonchev–Trinajstić information content (AvgIpc) is 2.29. The second kappa shape index (κ2) is 3.96. The van der Waals surface area contributed by atoms with Crippen LogP contribution in [0.5, 0.6) is 0 Å². The van der Waals surface area contributed by atoms with Crippen LogP contribution in [0.1, 0.15) is 5.56 Å². The Bertz CT molecular complexity index is 503. The van der Waals surface area contributed by atoms with Crippen molar-refractivity contribution >= 4 is 16.7 Å². The summed E-state index contributed by atoms with van der Waals surface area (Å²) in [5.74, 6) is 0.188. The molecule has 4 heteroatoms. The third-order valence-electron chi connectivity index (χ3n) is 2.22. The van der Waals surface area contributed by atoms with Crippen molar-refractivity contribution < 1.29 is 5.21 Å². The predicted molar refractivity (Wildman–Crippen MR) is 58.9 cm³/mol. The number of pyridine rings is 1. The van der Waals surface area contributed by atoms with Crippen molar-refractivity contribution in [2.45, 2.75) is 6.42 Å². The number of nitrogens with zero attached hydrogens (tertiary/aromatic N) is 2. The minimum atomic E-state index is 0.188. The van der Waals surface area contributed by atoms with Crippen molar-refractivity contribution in [1.82, 2.24) is 4.98 Å². The lowest BCUT2D eigenvalue weighted by molar-refractivity contribution is 0.317. The third-order valence-corrected chi connectivity index (χ3v) is 2.22. The highest BCUT2D eigenvalue weighted by Crippen LogP contribution is 2.16. The molecule has 15 heavy (non-hydrogen) atoms.